The van der Waals surface area contributed by atoms with Crippen molar-refractivity contribution in [3.8, 4) is 0 Å². The molecule has 1 unspecified atom stereocenters. The number of nitrogens with one attached hydrogen (secondary N) is 2. The number of amides is 1. The summed E-state index contributed by atoms with van der Waals surface area (Å²) in [5, 5.41) is 5.97. The lowest BCUT2D eigenvalue weighted by Gasteiger charge is -2.14. The van der Waals surface area contributed by atoms with Crippen molar-refractivity contribution < 1.29 is 4.79 Å². The van der Waals surface area contributed by atoms with Gasteiger partial charge in [-0.05, 0) is 32.2 Å². The average molecular weight is 235 g/mol. The Hall–Kier alpha value is -1.55. The van der Waals surface area contributed by atoms with Gasteiger partial charge in [-0.25, -0.2) is 0 Å². The van der Waals surface area contributed by atoms with Crippen LogP contribution in [0.15, 0.2) is 24.3 Å². The monoisotopic (exact) mass is 235 g/mol. The van der Waals surface area contributed by atoms with Gasteiger partial charge in [-0.3, -0.25) is 4.79 Å². The smallest absolute Gasteiger partial charge is 0.251 e. The van der Waals surface area contributed by atoms with Crippen LogP contribution in [-0.2, 0) is 0 Å². The van der Waals surface area contributed by atoms with Crippen molar-refractivity contribution in [3.63, 3.8) is 0 Å². The quantitative estimate of drug-likeness (QED) is 0.803. The highest BCUT2D eigenvalue weighted by Gasteiger charge is 2.07. The van der Waals surface area contributed by atoms with Gasteiger partial charge in [-0.15, -0.1) is 0 Å². The van der Waals surface area contributed by atoms with Gasteiger partial charge in [-0.1, -0.05) is 6.07 Å². The fourth-order valence-electron chi connectivity index (χ4n) is 1.38. The van der Waals surface area contributed by atoms with E-state index < -0.39 is 0 Å². The Kier molecular flexibility index (Phi) is 4.97. The van der Waals surface area contributed by atoms with Gasteiger partial charge in [0.15, 0.2) is 0 Å². The van der Waals surface area contributed by atoms with E-state index >= 15 is 0 Å². The molecule has 2 N–H and O–H groups in total. The lowest BCUT2D eigenvalue weighted by molar-refractivity contribution is 0.0950. The molecule has 1 aromatic rings. The first-order chi connectivity index (χ1) is 8.04. The minimum Gasteiger partial charge on any atom is -0.378 e. The number of rotatable bonds is 5. The molecule has 0 fully saturated rings. The second-order valence-electron chi connectivity index (χ2n) is 4.34. The van der Waals surface area contributed by atoms with E-state index in [4.69, 9.17) is 0 Å². The molecule has 0 saturated carbocycles. The summed E-state index contributed by atoms with van der Waals surface area (Å²) in [6.45, 7) is 2.65. The molecule has 0 spiro atoms. The van der Waals surface area contributed by atoms with Gasteiger partial charge in [0.05, 0.1) is 0 Å². The van der Waals surface area contributed by atoms with Crippen molar-refractivity contribution in [3.05, 3.63) is 29.8 Å². The lowest BCUT2D eigenvalue weighted by Crippen LogP contribution is -2.37. The van der Waals surface area contributed by atoms with E-state index in [0.717, 1.165) is 5.69 Å². The van der Waals surface area contributed by atoms with Gasteiger partial charge >= 0.3 is 0 Å². The van der Waals surface area contributed by atoms with Crippen molar-refractivity contribution in [2.45, 2.75) is 13.0 Å². The first-order valence-electron chi connectivity index (χ1n) is 5.77. The van der Waals surface area contributed by atoms with Gasteiger partial charge in [0.2, 0.25) is 0 Å². The number of carbonyl (C=O) groups is 1. The summed E-state index contributed by atoms with van der Waals surface area (Å²) >= 11 is 0. The summed E-state index contributed by atoms with van der Waals surface area (Å²) < 4.78 is 0. The number of hydrogen-bond acceptors (Lipinski definition) is 3. The van der Waals surface area contributed by atoms with E-state index in [1.54, 1.807) is 0 Å². The molecule has 0 aliphatic carbocycles. The topological polar surface area (TPSA) is 44.4 Å². The molecule has 0 aliphatic rings. The molecule has 1 rings (SSSR count). The summed E-state index contributed by atoms with van der Waals surface area (Å²) in [4.78, 5) is 13.9. The standard InChI is InChI=1S/C13H21N3O/c1-10(14-2)9-15-13(17)11-6-5-7-12(8-11)16(3)4/h5-8,10,14H,9H2,1-4H3,(H,15,17). The molecule has 0 aromatic heterocycles. The Balaban J connectivity index is 2.66. The number of nitrogens with zero attached hydrogens (tertiary/aromatic N) is 1. The van der Waals surface area contributed by atoms with Gasteiger partial charge in [0.1, 0.15) is 0 Å². The molecular formula is C13H21N3O. The lowest BCUT2D eigenvalue weighted by atomic mass is 10.1. The maximum Gasteiger partial charge on any atom is 0.251 e. The zero-order chi connectivity index (χ0) is 12.8. The van der Waals surface area contributed by atoms with Gasteiger partial charge in [0, 0.05) is 37.9 Å². The number of hydrogen-bond donors (Lipinski definition) is 2. The summed E-state index contributed by atoms with van der Waals surface area (Å²) in [5.41, 5.74) is 1.72. The second kappa shape index (κ2) is 6.25. The Labute approximate surface area is 103 Å². The first kappa shape index (κ1) is 13.5. The molecule has 0 bridgehead atoms. The summed E-state index contributed by atoms with van der Waals surface area (Å²) in [6.07, 6.45) is 0. The average Bonchev–Trinajstić information content (AvgIpc) is 2.35. The van der Waals surface area contributed by atoms with E-state index in [-0.39, 0.29) is 11.9 Å². The Morgan fingerprint density at radius 3 is 2.71 bits per heavy atom. The van der Waals surface area contributed by atoms with Crippen molar-refractivity contribution >= 4 is 11.6 Å². The van der Waals surface area contributed by atoms with Gasteiger partial charge in [0.25, 0.3) is 5.91 Å². The molecule has 4 heteroatoms. The molecule has 4 nitrogen and oxygen atoms in total. The Morgan fingerprint density at radius 1 is 1.41 bits per heavy atom. The Bertz CT molecular complexity index is 377. The zero-order valence-electron chi connectivity index (χ0n) is 10.9. The second-order valence-corrected chi connectivity index (χ2v) is 4.34. The summed E-state index contributed by atoms with van der Waals surface area (Å²) in [6, 6.07) is 7.86. The molecule has 0 heterocycles. The zero-order valence-corrected chi connectivity index (χ0v) is 10.9. The van der Waals surface area contributed by atoms with Crippen LogP contribution in [0.4, 0.5) is 5.69 Å². The number of benzene rings is 1. The molecule has 17 heavy (non-hydrogen) atoms. The van der Waals surface area contributed by atoms with E-state index in [1.165, 1.54) is 0 Å². The van der Waals surface area contributed by atoms with Crippen LogP contribution in [0.25, 0.3) is 0 Å². The molecule has 0 radical (unpaired) electrons. The van der Waals surface area contributed by atoms with Crippen LogP contribution < -0.4 is 15.5 Å². The maximum absolute atomic E-state index is 11.9. The van der Waals surface area contributed by atoms with E-state index in [1.807, 2.05) is 57.2 Å². The van der Waals surface area contributed by atoms with Crippen molar-refractivity contribution in [1.82, 2.24) is 10.6 Å². The largest absolute Gasteiger partial charge is 0.378 e. The van der Waals surface area contributed by atoms with Crippen LogP contribution in [0.1, 0.15) is 17.3 Å². The van der Waals surface area contributed by atoms with Gasteiger partial charge < -0.3 is 15.5 Å². The molecular weight excluding hydrogens is 214 g/mol. The van der Waals surface area contributed by atoms with E-state index in [0.29, 0.717) is 12.1 Å². The number of likely N-dealkylation sites (N-methyl/N-ethyl adjacent to an activating group) is 1. The minimum absolute atomic E-state index is 0.0317. The van der Waals surface area contributed by atoms with E-state index in [2.05, 4.69) is 10.6 Å². The van der Waals surface area contributed by atoms with E-state index in [9.17, 15) is 4.79 Å². The summed E-state index contributed by atoms with van der Waals surface area (Å²) in [5.74, 6) is -0.0317. The molecule has 0 saturated heterocycles. The fraction of sp³-hybridized carbons (Fsp3) is 0.462. The third-order valence-electron chi connectivity index (χ3n) is 2.69. The Morgan fingerprint density at radius 2 is 2.12 bits per heavy atom. The van der Waals surface area contributed by atoms with Crippen LogP contribution in [0.3, 0.4) is 0 Å². The normalized spacial score (nSPS) is 12.0. The van der Waals surface area contributed by atoms with Crippen LogP contribution in [-0.4, -0.2) is 39.6 Å². The van der Waals surface area contributed by atoms with Crippen molar-refractivity contribution in [2.75, 3.05) is 32.6 Å². The highest BCUT2D eigenvalue weighted by Crippen LogP contribution is 2.13. The van der Waals surface area contributed by atoms with Crippen molar-refractivity contribution in [2.24, 2.45) is 0 Å². The first-order valence-corrected chi connectivity index (χ1v) is 5.77. The molecule has 1 aromatic carbocycles. The maximum atomic E-state index is 11.9. The van der Waals surface area contributed by atoms with Crippen LogP contribution in [0.2, 0.25) is 0 Å². The number of carbonyl (C=O) groups excluding carboxylic acids is 1. The predicted octanol–water partition coefficient (Wildman–Crippen LogP) is 1.09. The van der Waals surface area contributed by atoms with Crippen LogP contribution in [0.5, 0.6) is 0 Å². The van der Waals surface area contributed by atoms with Crippen LogP contribution in [0, 0.1) is 0 Å². The fourth-order valence-corrected chi connectivity index (χ4v) is 1.38. The summed E-state index contributed by atoms with van der Waals surface area (Å²) in [7, 11) is 5.80. The third kappa shape index (κ3) is 4.07. The molecule has 94 valence electrons. The highest BCUT2D eigenvalue weighted by molar-refractivity contribution is 5.95. The van der Waals surface area contributed by atoms with Gasteiger partial charge in [-0.2, -0.15) is 0 Å². The predicted molar refractivity (Wildman–Crippen MR) is 71.6 cm³/mol. The minimum atomic E-state index is -0.0317. The molecule has 0 aliphatic heterocycles. The van der Waals surface area contributed by atoms with Crippen LogP contribution >= 0.6 is 0 Å². The molecule has 1 amide bonds. The number of anilines is 1. The van der Waals surface area contributed by atoms with Crippen molar-refractivity contribution in [1.29, 1.82) is 0 Å². The third-order valence-corrected chi connectivity index (χ3v) is 2.69. The molecule has 1 atom stereocenters. The highest BCUT2D eigenvalue weighted by atomic mass is 16.1. The SMILES string of the molecule is CNC(C)CNC(=O)c1cccc(N(C)C)c1.